The van der Waals surface area contributed by atoms with Gasteiger partial charge in [0.1, 0.15) is 5.70 Å². The van der Waals surface area contributed by atoms with Gasteiger partial charge in [-0.2, -0.15) is 0 Å². The van der Waals surface area contributed by atoms with E-state index in [1.165, 1.54) is 24.4 Å². The minimum absolute atomic E-state index is 0.0284. The molecule has 0 radical (unpaired) electrons. The van der Waals surface area contributed by atoms with E-state index in [1.807, 2.05) is 0 Å². The van der Waals surface area contributed by atoms with Crippen LogP contribution < -0.4 is 4.90 Å². The molecular weight excluding hydrogens is 344 g/mol. The van der Waals surface area contributed by atoms with Gasteiger partial charge >= 0.3 is 11.9 Å². The first kappa shape index (κ1) is 17.7. The molecule has 1 aromatic carbocycles. The maximum atomic E-state index is 13.7. The summed E-state index contributed by atoms with van der Waals surface area (Å²) in [5, 5.41) is -0.473. The van der Waals surface area contributed by atoms with Gasteiger partial charge in [-0.25, -0.2) is 18.4 Å². The lowest BCUT2D eigenvalue weighted by Crippen LogP contribution is -2.27. The molecule has 1 aromatic rings. The van der Waals surface area contributed by atoms with E-state index < -0.39 is 28.6 Å². The van der Waals surface area contributed by atoms with Crippen molar-refractivity contribution in [3.8, 4) is 0 Å². The van der Waals surface area contributed by atoms with Crippen molar-refractivity contribution in [1.82, 2.24) is 0 Å². The lowest BCUT2D eigenvalue weighted by molar-refractivity contribution is -0.139. The van der Waals surface area contributed by atoms with Crippen molar-refractivity contribution >= 4 is 29.2 Å². The first-order chi connectivity index (χ1) is 11.4. The van der Waals surface area contributed by atoms with Crippen molar-refractivity contribution in [3.63, 3.8) is 0 Å². The van der Waals surface area contributed by atoms with E-state index in [4.69, 9.17) is 16.3 Å². The van der Waals surface area contributed by atoms with Crippen molar-refractivity contribution in [2.45, 2.75) is 0 Å². The van der Waals surface area contributed by atoms with Crippen LogP contribution in [-0.2, 0) is 19.1 Å². The molecule has 0 unspecified atom stereocenters. The van der Waals surface area contributed by atoms with E-state index in [-0.39, 0.29) is 17.0 Å². The standard InChI is InChI=1S/C16H12ClF2NO4/c1-23-15(21)10-5-3-4-6-20(14(10)16(22)24-2)9-7-11(17)13(19)12(18)8-9/h3-8H,1-2H3. The molecule has 0 aromatic heterocycles. The van der Waals surface area contributed by atoms with Crippen LogP contribution in [0, 0.1) is 11.6 Å². The lowest BCUT2D eigenvalue weighted by Gasteiger charge is -2.23. The van der Waals surface area contributed by atoms with Gasteiger partial charge in [0.05, 0.1) is 30.5 Å². The fourth-order valence-corrected chi connectivity index (χ4v) is 2.25. The third-order valence-electron chi connectivity index (χ3n) is 3.14. The summed E-state index contributed by atoms with van der Waals surface area (Å²) < 4.78 is 36.4. The maximum Gasteiger partial charge on any atom is 0.355 e. The summed E-state index contributed by atoms with van der Waals surface area (Å²) >= 11 is 5.66. The van der Waals surface area contributed by atoms with E-state index in [2.05, 4.69) is 4.74 Å². The second kappa shape index (κ2) is 7.27. The number of methoxy groups -OCH3 is 2. The summed E-state index contributed by atoms with van der Waals surface area (Å²) in [6.07, 6.45) is 5.70. The highest BCUT2D eigenvalue weighted by Gasteiger charge is 2.28. The van der Waals surface area contributed by atoms with Crippen molar-refractivity contribution in [2.75, 3.05) is 19.1 Å². The highest BCUT2D eigenvalue weighted by Crippen LogP contribution is 2.30. The minimum Gasteiger partial charge on any atom is -0.465 e. The molecule has 0 saturated heterocycles. The molecule has 24 heavy (non-hydrogen) atoms. The third-order valence-corrected chi connectivity index (χ3v) is 3.41. The Balaban J connectivity index is 2.70. The van der Waals surface area contributed by atoms with Gasteiger partial charge in [-0.1, -0.05) is 17.7 Å². The normalized spacial score (nSPS) is 13.8. The zero-order valence-electron chi connectivity index (χ0n) is 12.7. The van der Waals surface area contributed by atoms with Gasteiger partial charge in [0.25, 0.3) is 0 Å². The Morgan fingerprint density at radius 3 is 2.33 bits per heavy atom. The number of hydrogen-bond acceptors (Lipinski definition) is 5. The molecule has 1 heterocycles. The lowest BCUT2D eigenvalue weighted by atomic mass is 10.1. The summed E-state index contributed by atoms with van der Waals surface area (Å²) in [4.78, 5) is 25.3. The van der Waals surface area contributed by atoms with Crippen LogP contribution in [0.3, 0.4) is 0 Å². The van der Waals surface area contributed by atoms with Crippen LogP contribution >= 0.6 is 11.6 Å². The quantitative estimate of drug-likeness (QED) is 0.616. The Hall–Kier alpha value is -2.67. The molecule has 1 aliphatic rings. The largest absolute Gasteiger partial charge is 0.465 e. The second-order valence-electron chi connectivity index (χ2n) is 4.54. The Labute approximate surface area is 141 Å². The number of hydrogen-bond donors (Lipinski definition) is 0. The number of carbonyl (C=O) groups is 2. The summed E-state index contributed by atoms with van der Waals surface area (Å²) in [6.45, 7) is 0. The fourth-order valence-electron chi connectivity index (χ4n) is 2.05. The zero-order chi connectivity index (χ0) is 17.9. The van der Waals surface area contributed by atoms with Crippen LogP contribution in [0.4, 0.5) is 14.5 Å². The number of esters is 2. The van der Waals surface area contributed by atoms with Crippen molar-refractivity contribution in [2.24, 2.45) is 0 Å². The summed E-state index contributed by atoms with van der Waals surface area (Å²) in [5.74, 6) is -4.08. The van der Waals surface area contributed by atoms with Crippen LogP contribution in [0.5, 0.6) is 0 Å². The predicted octanol–water partition coefficient (Wildman–Crippen LogP) is 3.11. The van der Waals surface area contributed by atoms with Gasteiger partial charge in [0, 0.05) is 12.3 Å². The summed E-state index contributed by atoms with van der Waals surface area (Å²) in [6, 6.07) is 1.96. The van der Waals surface area contributed by atoms with Gasteiger partial charge in [0.15, 0.2) is 11.6 Å². The molecule has 0 atom stereocenters. The molecule has 0 saturated carbocycles. The number of benzene rings is 1. The van der Waals surface area contributed by atoms with Crippen molar-refractivity contribution < 1.29 is 27.8 Å². The van der Waals surface area contributed by atoms with E-state index >= 15 is 0 Å². The first-order valence-electron chi connectivity index (χ1n) is 6.60. The van der Waals surface area contributed by atoms with Crippen molar-refractivity contribution in [3.05, 3.63) is 64.5 Å². The third kappa shape index (κ3) is 3.30. The number of nitrogens with zero attached hydrogens (tertiary/aromatic N) is 1. The number of ether oxygens (including phenoxy) is 2. The Morgan fingerprint density at radius 2 is 1.75 bits per heavy atom. The second-order valence-corrected chi connectivity index (χ2v) is 4.95. The molecule has 8 heteroatoms. The Morgan fingerprint density at radius 1 is 1.08 bits per heavy atom. The molecule has 1 aliphatic heterocycles. The molecule has 2 rings (SSSR count). The average Bonchev–Trinajstić information content (AvgIpc) is 2.80. The zero-order valence-corrected chi connectivity index (χ0v) is 13.4. The van der Waals surface area contributed by atoms with E-state index in [9.17, 15) is 18.4 Å². The van der Waals surface area contributed by atoms with Crippen molar-refractivity contribution in [1.29, 1.82) is 0 Å². The molecule has 0 aliphatic carbocycles. The topological polar surface area (TPSA) is 55.8 Å². The van der Waals surface area contributed by atoms with Gasteiger partial charge in [-0.15, -0.1) is 0 Å². The molecule has 5 nitrogen and oxygen atoms in total. The number of allylic oxidation sites excluding steroid dienone is 2. The average molecular weight is 356 g/mol. The first-order valence-corrected chi connectivity index (χ1v) is 6.98. The highest BCUT2D eigenvalue weighted by molar-refractivity contribution is 6.31. The SMILES string of the molecule is COC(=O)C1=C(C(=O)OC)N(c2cc(F)c(F)c(Cl)c2)C=CC=C1. The van der Waals surface area contributed by atoms with Gasteiger partial charge in [0.2, 0.25) is 0 Å². The van der Waals surface area contributed by atoms with Crippen LogP contribution in [0.25, 0.3) is 0 Å². The van der Waals surface area contributed by atoms with Crippen LogP contribution in [0.15, 0.2) is 47.8 Å². The smallest absolute Gasteiger partial charge is 0.355 e. The molecular formula is C16H12ClF2NO4. The number of anilines is 1. The Bertz CT molecular complexity index is 763. The fraction of sp³-hybridized carbons (Fsp3) is 0.125. The molecule has 126 valence electrons. The minimum atomic E-state index is -1.21. The molecule has 0 amide bonds. The van der Waals surface area contributed by atoms with E-state index in [0.29, 0.717) is 0 Å². The summed E-state index contributed by atoms with van der Waals surface area (Å²) in [7, 11) is 2.27. The van der Waals surface area contributed by atoms with Gasteiger partial charge in [-0.3, -0.25) is 0 Å². The number of rotatable bonds is 3. The van der Waals surface area contributed by atoms with Gasteiger partial charge < -0.3 is 14.4 Å². The number of carbonyl (C=O) groups excluding carboxylic acids is 2. The molecule has 0 N–H and O–H groups in total. The van der Waals surface area contributed by atoms with E-state index in [0.717, 1.165) is 31.3 Å². The predicted molar refractivity (Wildman–Crippen MR) is 83.2 cm³/mol. The van der Waals surface area contributed by atoms with Crippen LogP contribution in [-0.4, -0.2) is 26.2 Å². The Kier molecular flexibility index (Phi) is 5.35. The van der Waals surface area contributed by atoms with Crippen LogP contribution in [0.2, 0.25) is 5.02 Å². The van der Waals surface area contributed by atoms with Gasteiger partial charge in [-0.05, 0) is 18.2 Å². The van der Waals surface area contributed by atoms with Crippen LogP contribution in [0.1, 0.15) is 0 Å². The molecule has 0 fully saturated rings. The molecule has 0 bridgehead atoms. The summed E-state index contributed by atoms with van der Waals surface area (Å²) in [5.41, 5.74) is -0.313. The van der Waals surface area contributed by atoms with E-state index in [1.54, 1.807) is 0 Å². The monoisotopic (exact) mass is 355 g/mol. The molecule has 0 spiro atoms. The maximum absolute atomic E-state index is 13.7. The number of halogens is 3. The highest BCUT2D eigenvalue weighted by atomic mass is 35.5.